The van der Waals surface area contributed by atoms with E-state index in [1.54, 1.807) is 6.07 Å². The fourth-order valence-corrected chi connectivity index (χ4v) is 4.80. The second-order valence-corrected chi connectivity index (χ2v) is 8.96. The molecule has 1 N–H and O–H groups in total. The maximum Gasteiger partial charge on any atom is 0.270 e. The van der Waals surface area contributed by atoms with Crippen LogP contribution in [0.5, 0.6) is 5.75 Å². The van der Waals surface area contributed by atoms with Crippen molar-refractivity contribution in [2.24, 2.45) is 0 Å². The van der Waals surface area contributed by atoms with E-state index in [-0.39, 0.29) is 31.8 Å². The zero-order valence-corrected chi connectivity index (χ0v) is 17.3. The number of ether oxygens (including phenoxy) is 1. The maximum absolute atomic E-state index is 13.3. The number of halogens is 2. The van der Waals surface area contributed by atoms with Crippen molar-refractivity contribution < 1.29 is 18.3 Å². The number of carbonyl (C=O) groups is 1. The van der Waals surface area contributed by atoms with Crippen LogP contribution < -0.4 is 4.74 Å². The number of hydrogen-bond acceptors (Lipinski definition) is 4. The standard InChI is InChI=1S/C21H27F2N3O2S/c22-21(23)4-7-26(8-5-21)20(27)19-15-16-14-17(2-3-18(16)24-19)28-11-1-6-25-9-12-29-13-10-25/h2-3,14-15,24H,1,4-13H2. The Morgan fingerprint density at radius 2 is 1.90 bits per heavy atom. The van der Waals surface area contributed by atoms with Crippen molar-refractivity contribution in [3.05, 3.63) is 30.0 Å². The third-order valence-electron chi connectivity index (χ3n) is 5.60. The zero-order valence-electron chi connectivity index (χ0n) is 16.5. The van der Waals surface area contributed by atoms with E-state index >= 15 is 0 Å². The molecule has 1 aromatic carbocycles. The van der Waals surface area contributed by atoms with Crippen molar-refractivity contribution in [1.82, 2.24) is 14.8 Å². The molecule has 5 nitrogen and oxygen atoms in total. The summed E-state index contributed by atoms with van der Waals surface area (Å²) in [7, 11) is 0. The van der Waals surface area contributed by atoms with Crippen molar-refractivity contribution in [3.63, 3.8) is 0 Å². The second kappa shape index (κ2) is 8.92. The first kappa shape index (κ1) is 20.5. The van der Waals surface area contributed by atoms with Gasteiger partial charge in [0.1, 0.15) is 11.4 Å². The van der Waals surface area contributed by atoms with Gasteiger partial charge in [0.2, 0.25) is 0 Å². The number of likely N-dealkylation sites (tertiary alicyclic amines) is 1. The van der Waals surface area contributed by atoms with Crippen LogP contribution in [-0.2, 0) is 0 Å². The summed E-state index contributed by atoms with van der Waals surface area (Å²) >= 11 is 2.01. The number of nitrogens with zero attached hydrogens (tertiary/aromatic N) is 2. The molecule has 2 aromatic rings. The summed E-state index contributed by atoms with van der Waals surface area (Å²) in [4.78, 5) is 19.7. The van der Waals surface area contributed by atoms with Crippen LogP contribution in [0.2, 0.25) is 0 Å². The average molecular weight is 424 g/mol. The molecule has 0 saturated carbocycles. The third-order valence-corrected chi connectivity index (χ3v) is 6.54. The number of rotatable bonds is 6. The Kier molecular flexibility index (Phi) is 6.29. The summed E-state index contributed by atoms with van der Waals surface area (Å²) in [6, 6.07) is 7.49. The van der Waals surface area contributed by atoms with E-state index < -0.39 is 5.92 Å². The van der Waals surface area contributed by atoms with E-state index in [0.29, 0.717) is 12.3 Å². The molecular formula is C21H27F2N3O2S. The van der Waals surface area contributed by atoms with Crippen molar-refractivity contribution in [2.75, 3.05) is 50.8 Å². The van der Waals surface area contributed by atoms with Crippen molar-refractivity contribution in [1.29, 1.82) is 0 Å². The van der Waals surface area contributed by atoms with Crippen LogP contribution >= 0.6 is 11.8 Å². The summed E-state index contributed by atoms with van der Waals surface area (Å²) in [6.07, 6.45) is 0.444. The summed E-state index contributed by atoms with van der Waals surface area (Å²) in [5.41, 5.74) is 1.28. The first-order valence-electron chi connectivity index (χ1n) is 10.2. The Morgan fingerprint density at radius 3 is 2.66 bits per heavy atom. The third kappa shape index (κ3) is 5.22. The fourth-order valence-electron chi connectivity index (χ4n) is 3.83. The monoisotopic (exact) mass is 423 g/mol. The van der Waals surface area contributed by atoms with E-state index in [0.717, 1.165) is 42.7 Å². The van der Waals surface area contributed by atoms with Gasteiger partial charge in [0.05, 0.1) is 6.61 Å². The Bertz CT molecular complexity index is 842. The van der Waals surface area contributed by atoms with Gasteiger partial charge in [-0.2, -0.15) is 11.8 Å². The molecule has 1 aromatic heterocycles. The van der Waals surface area contributed by atoms with Gasteiger partial charge in [-0.05, 0) is 30.7 Å². The number of aromatic amines is 1. The highest BCUT2D eigenvalue weighted by atomic mass is 32.2. The highest BCUT2D eigenvalue weighted by molar-refractivity contribution is 7.99. The van der Waals surface area contributed by atoms with E-state index in [1.165, 1.54) is 16.4 Å². The minimum atomic E-state index is -2.66. The molecule has 0 unspecified atom stereocenters. The lowest BCUT2D eigenvalue weighted by Gasteiger charge is -2.31. The molecule has 1 amide bonds. The first-order chi connectivity index (χ1) is 14.0. The van der Waals surface area contributed by atoms with Crippen molar-refractivity contribution >= 4 is 28.6 Å². The lowest BCUT2D eigenvalue weighted by atomic mass is 10.1. The normalized spacial score (nSPS) is 20.1. The molecule has 2 saturated heterocycles. The predicted octanol–water partition coefficient (Wildman–Crippen LogP) is 3.86. The Labute approximate surface area is 173 Å². The molecule has 0 spiro atoms. The van der Waals surface area contributed by atoms with Gasteiger partial charge in [-0.15, -0.1) is 0 Å². The number of amides is 1. The minimum Gasteiger partial charge on any atom is -0.494 e. The number of benzene rings is 1. The molecular weight excluding hydrogens is 396 g/mol. The highest BCUT2D eigenvalue weighted by Gasteiger charge is 2.36. The molecule has 2 fully saturated rings. The number of H-pyrrole nitrogens is 1. The van der Waals surface area contributed by atoms with Crippen LogP contribution in [0, 0.1) is 0 Å². The van der Waals surface area contributed by atoms with E-state index in [4.69, 9.17) is 4.74 Å². The summed E-state index contributed by atoms with van der Waals surface area (Å²) in [6.45, 7) is 4.21. The molecule has 0 bridgehead atoms. The van der Waals surface area contributed by atoms with Gasteiger partial charge < -0.3 is 19.5 Å². The van der Waals surface area contributed by atoms with Crippen LogP contribution in [0.25, 0.3) is 10.9 Å². The second-order valence-electron chi connectivity index (χ2n) is 7.74. The van der Waals surface area contributed by atoms with Gasteiger partial charge in [0.15, 0.2) is 0 Å². The number of piperidine rings is 1. The maximum atomic E-state index is 13.3. The number of nitrogens with one attached hydrogen (secondary N) is 1. The predicted molar refractivity (Wildman–Crippen MR) is 112 cm³/mol. The molecule has 8 heteroatoms. The zero-order chi connectivity index (χ0) is 20.3. The smallest absolute Gasteiger partial charge is 0.270 e. The van der Waals surface area contributed by atoms with Gasteiger partial charge in [-0.25, -0.2) is 8.78 Å². The largest absolute Gasteiger partial charge is 0.494 e. The van der Waals surface area contributed by atoms with Gasteiger partial charge in [-0.3, -0.25) is 4.79 Å². The molecule has 158 valence electrons. The summed E-state index contributed by atoms with van der Waals surface area (Å²) in [5.74, 6) is 0.329. The average Bonchev–Trinajstić information content (AvgIpc) is 3.15. The minimum absolute atomic E-state index is 0.0886. The van der Waals surface area contributed by atoms with Crippen LogP contribution in [0.1, 0.15) is 29.8 Å². The number of aromatic nitrogens is 1. The topological polar surface area (TPSA) is 48.6 Å². The Balaban J connectivity index is 1.32. The lowest BCUT2D eigenvalue weighted by Crippen LogP contribution is -2.42. The van der Waals surface area contributed by atoms with Crippen LogP contribution in [0.4, 0.5) is 8.78 Å². The number of carbonyl (C=O) groups excluding carboxylic acids is 1. The van der Waals surface area contributed by atoms with Gasteiger partial charge in [0.25, 0.3) is 11.8 Å². The highest BCUT2D eigenvalue weighted by Crippen LogP contribution is 2.29. The molecule has 0 aliphatic carbocycles. The molecule has 29 heavy (non-hydrogen) atoms. The Hall–Kier alpha value is -1.80. The number of fused-ring (bicyclic) bond motifs is 1. The van der Waals surface area contributed by atoms with Crippen molar-refractivity contribution in [3.8, 4) is 5.75 Å². The van der Waals surface area contributed by atoms with E-state index in [9.17, 15) is 13.6 Å². The van der Waals surface area contributed by atoms with Crippen LogP contribution in [0.3, 0.4) is 0 Å². The number of thioether (sulfide) groups is 1. The molecule has 0 atom stereocenters. The Morgan fingerprint density at radius 1 is 1.14 bits per heavy atom. The van der Waals surface area contributed by atoms with Gasteiger partial charge in [0, 0.05) is 68.0 Å². The molecule has 2 aliphatic heterocycles. The molecule has 4 rings (SSSR count). The fraction of sp³-hybridized carbons (Fsp3) is 0.571. The van der Waals surface area contributed by atoms with Gasteiger partial charge in [-0.1, -0.05) is 0 Å². The van der Waals surface area contributed by atoms with Crippen LogP contribution in [-0.4, -0.2) is 77.4 Å². The SMILES string of the molecule is O=C(c1cc2cc(OCCCN3CCSCC3)ccc2[nH]1)N1CCC(F)(F)CC1. The molecule has 0 radical (unpaired) electrons. The molecule has 3 heterocycles. The summed E-state index contributed by atoms with van der Waals surface area (Å²) in [5, 5.41) is 0.890. The van der Waals surface area contributed by atoms with Crippen molar-refractivity contribution in [2.45, 2.75) is 25.2 Å². The lowest BCUT2D eigenvalue weighted by molar-refractivity contribution is -0.0495. The number of alkyl halides is 2. The first-order valence-corrected chi connectivity index (χ1v) is 11.4. The quantitative estimate of drug-likeness (QED) is 0.717. The number of hydrogen-bond donors (Lipinski definition) is 1. The van der Waals surface area contributed by atoms with Crippen LogP contribution in [0.15, 0.2) is 24.3 Å². The van der Waals surface area contributed by atoms with E-state index in [1.807, 2.05) is 30.0 Å². The summed E-state index contributed by atoms with van der Waals surface area (Å²) < 4.78 is 32.5. The van der Waals surface area contributed by atoms with Gasteiger partial charge >= 0.3 is 0 Å². The molecule has 2 aliphatic rings. The van der Waals surface area contributed by atoms with E-state index in [2.05, 4.69) is 9.88 Å².